The van der Waals surface area contributed by atoms with E-state index in [0.717, 1.165) is 24.3 Å². The monoisotopic (exact) mass is 488 g/mol. The topological polar surface area (TPSA) is 87.7 Å². The first-order valence-corrected chi connectivity index (χ1v) is 10.2. The van der Waals surface area contributed by atoms with Crippen LogP contribution < -0.4 is 16.4 Å². The maximum atomic E-state index is 13.7. The van der Waals surface area contributed by atoms with Crippen molar-refractivity contribution in [3.63, 3.8) is 0 Å². The standard InChI is InChI=1S/C21H19F7N6/c22-12-8-13(23)10-14(9-12)30-18-32-17(15-2-1-3-16(31-15)20(26,27)28)33-21(29,34-18)11-4-6-19(24,25)7-5-11/h1-3,8-11H,4-7,29H2,(H2,30,32,33,34). The summed E-state index contributed by atoms with van der Waals surface area (Å²) in [4.78, 5) is 12.0. The number of amidine groups is 1. The molecule has 4 rings (SSSR count). The van der Waals surface area contributed by atoms with Crippen LogP contribution in [0.2, 0.25) is 0 Å². The first kappa shape index (κ1) is 23.9. The SMILES string of the molecule is NC1(C2CCC(F)(F)CC2)N=C(Nc2cc(F)cc(F)c2)NC(c2cccc(C(F)(F)F)n2)=N1. The average Bonchev–Trinajstić information content (AvgIpc) is 2.72. The first-order chi connectivity index (χ1) is 15.8. The van der Waals surface area contributed by atoms with E-state index in [1.807, 2.05) is 0 Å². The normalized spacial score (nSPS) is 23.1. The Kier molecular flexibility index (Phi) is 6.00. The zero-order chi connectivity index (χ0) is 24.7. The molecule has 0 amide bonds. The van der Waals surface area contributed by atoms with E-state index < -0.39 is 54.0 Å². The van der Waals surface area contributed by atoms with Crippen LogP contribution in [0.3, 0.4) is 0 Å². The highest BCUT2D eigenvalue weighted by Crippen LogP contribution is 2.41. The highest BCUT2D eigenvalue weighted by molar-refractivity contribution is 6.13. The van der Waals surface area contributed by atoms with Gasteiger partial charge in [0, 0.05) is 30.5 Å². The number of guanidine groups is 1. The second-order valence-corrected chi connectivity index (χ2v) is 8.15. The molecule has 0 bridgehead atoms. The molecule has 4 N–H and O–H groups in total. The van der Waals surface area contributed by atoms with Crippen molar-refractivity contribution < 1.29 is 30.7 Å². The fraction of sp³-hybridized carbons (Fsp3) is 0.381. The van der Waals surface area contributed by atoms with Gasteiger partial charge in [0.15, 0.2) is 5.84 Å². The van der Waals surface area contributed by atoms with Gasteiger partial charge in [-0.05, 0) is 37.1 Å². The molecule has 6 nitrogen and oxygen atoms in total. The van der Waals surface area contributed by atoms with Crippen LogP contribution in [0.25, 0.3) is 0 Å². The summed E-state index contributed by atoms with van der Waals surface area (Å²) in [5.74, 6) is -7.54. The van der Waals surface area contributed by atoms with Crippen molar-refractivity contribution in [3.05, 3.63) is 59.4 Å². The third-order valence-electron chi connectivity index (χ3n) is 5.54. The molecule has 1 aliphatic carbocycles. The van der Waals surface area contributed by atoms with E-state index in [0.29, 0.717) is 6.07 Å². The van der Waals surface area contributed by atoms with Crippen LogP contribution in [0.4, 0.5) is 36.4 Å². The maximum Gasteiger partial charge on any atom is 0.433 e. The van der Waals surface area contributed by atoms with Crippen molar-refractivity contribution >= 4 is 17.5 Å². The Hall–Kier alpha value is -3.22. The number of benzene rings is 1. The lowest BCUT2D eigenvalue weighted by atomic mass is 9.82. The minimum Gasteiger partial charge on any atom is -0.326 e. The number of alkyl halides is 5. The third kappa shape index (κ3) is 5.29. The van der Waals surface area contributed by atoms with Crippen LogP contribution in [-0.4, -0.2) is 28.5 Å². The smallest absolute Gasteiger partial charge is 0.326 e. The summed E-state index contributed by atoms with van der Waals surface area (Å²) in [5, 5.41) is 5.25. The van der Waals surface area contributed by atoms with Gasteiger partial charge >= 0.3 is 6.18 Å². The van der Waals surface area contributed by atoms with Crippen LogP contribution in [0.15, 0.2) is 46.4 Å². The average molecular weight is 488 g/mol. The number of halogens is 7. The van der Waals surface area contributed by atoms with Crippen LogP contribution in [0.1, 0.15) is 37.1 Å². The second kappa shape index (κ2) is 8.53. The number of hydrogen-bond acceptors (Lipinski definition) is 6. The molecule has 13 heteroatoms. The van der Waals surface area contributed by atoms with Crippen molar-refractivity contribution in [1.82, 2.24) is 10.3 Å². The summed E-state index contributed by atoms with van der Waals surface area (Å²) in [5.41, 5.74) is 4.90. The fourth-order valence-corrected chi connectivity index (χ4v) is 3.87. The van der Waals surface area contributed by atoms with Gasteiger partial charge in [-0.25, -0.2) is 32.5 Å². The quantitative estimate of drug-likeness (QED) is 0.550. The van der Waals surface area contributed by atoms with E-state index in [1.165, 1.54) is 6.07 Å². The molecule has 1 aliphatic heterocycles. The molecule has 34 heavy (non-hydrogen) atoms. The lowest BCUT2D eigenvalue weighted by Gasteiger charge is -2.38. The van der Waals surface area contributed by atoms with E-state index in [9.17, 15) is 30.7 Å². The highest BCUT2D eigenvalue weighted by atomic mass is 19.4. The maximum absolute atomic E-state index is 13.7. The lowest BCUT2D eigenvalue weighted by molar-refractivity contribution is -0.141. The predicted octanol–water partition coefficient (Wildman–Crippen LogP) is 4.63. The van der Waals surface area contributed by atoms with Gasteiger partial charge in [-0.1, -0.05) is 6.07 Å². The van der Waals surface area contributed by atoms with Gasteiger partial charge in [0.1, 0.15) is 23.0 Å². The zero-order valence-corrected chi connectivity index (χ0v) is 17.4. The predicted molar refractivity (Wildman–Crippen MR) is 110 cm³/mol. The largest absolute Gasteiger partial charge is 0.433 e. The molecule has 2 aliphatic rings. The highest BCUT2D eigenvalue weighted by Gasteiger charge is 2.45. The minimum absolute atomic E-state index is 0.0400. The van der Waals surface area contributed by atoms with Crippen LogP contribution in [0, 0.1) is 17.6 Å². The zero-order valence-electron chi connectivity index (χ0n) is 17.4. The van der Waals surface area contributed by atoms with Crippen molar-refractivity contribution in [2.75, 3.05) is 5.32 Å². The van der Waals surface area contributed by atoms with Crippen LogP contribution >= 0.6 is 0 Å². The molecule has 0 radical (unpaired) electrons. The summed E-state index contributed by atoms with van der Waals surface area (Å²) in [6.07, 6.45) is -5.72. The summed E-state index contributed by atoms with van der Waals surface area (Å²) < 4.78 is 94.1. The van der Waals surface area contributed by atoms with E-state index in [4.69, 9.17) is 5.73 Å². The molecular weight excluding hydrogens is 469 g/mol. The number of pyridine rings is 1. The van der Waals surface area contributed by atoms with Gasteiger partial charge in [-0.2, -0.15) is 13.2 Å². The molecule has 2 heterocycles. The number of aromatic nitrogens is 1. The Morgan fingerprint density at radius 2 is 1.65 bits per heavy atom. The van der Waals surface area contributed by atoms with Gasteiger partial charge < -0.3 is 10.6 Å². The van der Waals surface area contributed by atoms with Crippen molar-refractivity contribution in [3.8, 4) is 0 Å². The minimum atomic E-state index is -4.73. The molecule has 1 fully saturated rings. The molecule has 1 saturated carbocycles. The Labute approximate surface area is 189 Å². The van der Waals surface area contributed by atoms with Gasteiger partial charge in [-0.15, -0.1) is 0 Å². The summed E-state index contributed by atoms with van der Waals surface area (Å²) in [6, 6.07) is 5.71. The second-order valence-electron chi connectivity index (χ2n) is 8.15. The molecule has 0 spiro atoms. The van der Waals surface area contributed by atoms with Crippen molar-refractivity contribution in [2.24, 2.45) is 21.6 Å². The van der Waals surface area contributed by atoms with E-state index in [2.05, 4.69) is 25.6 Å². The Morgan fingerprint density at radius 3 is 2.26 bits per heavy atom. The number of rotatable bonds is 3. The Bertz CT molecular complexity index is 1120. The number of anilines is 1. The van der Waals surface area contributed by atoms with Gasteiger partial charge in [-0.3, -0.25) is 5.73 Å². The number of aliphatic imine (C=N–C) groups is 2. The van der Waals surface area contributed by atoms with Crippen molar-refractivity contribution in [2.45, 2.75) is 43.6 Å². The number of nitrogens with one attached hydrogen (secondary N) is 2. The molecule has 1 aromatic heterocycles. The van der Waals surface area contributed by atoms with Gasteiger partial charge in [0.05, 0.1) is 0 Å². The molecule has 2 aromatic rings. The Balaban J connectivity index is 1.72. The van der Waals surface area contributed by atoms with Crippen LogP contribution in [-0.2, 0) is 6.18 Å². The lowest BCUT2D eigenvalue weighted by Crippen LogP contribution is -2.54. The third-order valence-corrected chi connectivity index (χ3v) is 5.54. The van der Waals surface area contributed by atoms with Crippen LogP contribution in [0.5, 0.6) is 0 Å². The molecule has 1 aromatic carbocycles. The summed E-state index contributed by atoms with van der Waals surface area (Å²) in [6.45, 7) is 0. The molecule has 0 saturated heterocycles. The fourth-order valence-electron chi connectivity index (χ4n) is 3.87. The number of hydrogen-bond donors (Lipinski definition) is 3. The molecular formula is C21H19F7N6. The van der Waals surface area contributed by atoms with E-state index >= 15 is 0 Å². The van der Waals surface area contributed by atoms with E-state index in [1.54, 1.807) is 0 Å². The molecule has 1 atom stereocenters. The number of nitrogens with two attached hydrogens (primary N) is 1. The van der Waals surface area contributed by atoms with Crippen molar-refractivity contribution in [1.29, 1.82) is 0 Å². The molecule has 1 unspecified atom stereocenters. The Morgan fingerprint density at radius 1 is 1.00 bits per heavy atom. The van der Waals surface area contributed by atoms with E-state index in [-0.39, 0.29) is 36.0 Å². The first-order valence-electron chi connectivity index (χ1n) is 10.2. The molecule has 182 valence electrons. The van der Waals surface area contributed by atoms with Gasteiger partial charge in [0.25, 0.3) is 0 Å². The number of nitrogens with zero attached hydrogens (tertiary/aromatic N) is 3. The van der Waals surface area contributed by atoms with Gasteiger partial charge in [0.2, 0.25) is 17.7 Å². The summed E-state index contributed by atoms with van der Waals surface area (Å²) in [7, 11) is 0. The summed E-state index contributed by atoms with van der Waals surface area (Å²) >= 11 is 0.